The third-order valence-corrected chi connectivity index (χ3v) is 3.81. The molecule has 0 saturated heterocycles. The van der Waals surface area contributed by atoms with E-state index >= 15 is 0 Å². The van der Waals surface area contributed by atoms with Crippen LogP contribution >= 0.6 is 0 Å². The molecule has 1 aliphatic carbocycles. The fraction of sp³-hybridized carbons (Fsp3) is 1.00. The lowest BCUT2D eigenvalue weighted by molar-refractivity contribution is 0.343. The topological polar surface area (TPSA) is 24.7 Å². The molecule has 2 rings (SSSR count). The summed E-state index contributed by atoms with van der Waals surface area (Å²) in [5.41, 5.74) is 0. The van der Waals surface area contributed by atoms with Gasteiger partial charge < -0.3 is 0 Å². The summed E-state index contributed by atoms with van der Waals surface area (Å²) in [5.74, 6) is 0. The fourth-order valence-electron chi connectivity index (χ4n) is 2.70. The van der Waals surface area contributed by atoms with Gasteiger partial charge in [-0.15, -0.1) is 0 Å². The SMILES string of the molecule is C1CCCCCC2N=NC2CCCCC1. The zero-order valence-corrected chi connectivity index (χ0v) is 9.83. The molecular weight excluding hydrogens is 184 g/mol. The van der Waals surface area contributed by atoms with Crippen molar-refractivity contribution in [3.05, 3.63) is 0 Å². The molecule has 0 bridgehead atoms. The van der Waals surface area contributed by atoms with E-state index in [1.807, 2.05) is 0 Å². The minimum Gasteiger partial charge on any atom is -0.188 e. The van der Waals surface area contributed by atoms with Gasteiger partial charge in [-0.3, -0.25) is 0 Å². The summed E-state index contributed by atoms with van der Waals surface area (Å²) in [6, 6.07) is 1.21. The standard InChI is InChI=1S/C13H24N2/c1-2-4-6-8-10-12-13(15-14-12)11-9-7-5-3-1/h12-13H,1-11H2. The predicted molar refractivity (Wildman–Crippen MR) is 63.2 cm³/mol. The second-order valence-electron chi connectivity index (χ2n) is 5.12. The first kappa shape index (κ1) is 11.1. The van der Waals surface area contributed by atoms with Gasteiger partial charge >= 0.3 is 0 Å². The summed E-state index contributed by atoms with van der Waals surface area (Å²) in [5, 5.41) is 8.53. The summed E-state index contributed by atoms with van der Waals surface area (Å²) in [6.07, 6.45) is 15.4. The van der Waals surface area contributed by atoms with Crippen molar-refractivity contribution in [3.8, 4) is 0 Å². The molecule has 1 saturated carbocycles. The van der Waals surface area contributed by atoms with Gasteiger partial charge in [-0.05, 0) is 12.8 Å². The summed E-state index contributed by atoms with van der Waals surface area (Å²) in [7, 11) is 0. The van der Waals surface area contributed by atoms with E-state index in [1.54, 1.807) is 0 Å². The van der Waals surface area contributed by atoms with E-state index in [2.05, 4.69) is 10.2 Å². The Kier molecular flexibility index (Phi) is 4.62. The molecule has 86 valence electrons. The maximum Gasteiger partial charge on any atom is 0.0949 e. The van der Waals surface area contributed by atoms with Gasteiger partial charge in [0.15, 0.2) is 0 Å². The Morgan fingerprint density at radius 1 is 0.467 bits per heavy atom. The fourth-order valence-corrected chi connectivity index (χ4v) is 2.70. The molecule has 0 amide bonds. The molecule has 0 aromatic rings. The Morgan fingerprint density at radius 2 is 0.800 bits per heavy atom. The van der Waals surface area contributed by atoms with Gasteiger partial charge in [0.2, 0.25) is 0 Å². The summed E-state index contributed by atoms with van der Waals surface area (Å²) in [4.78, 5) is 0. The quantitative estimate of drug-likeness (QED) is 0.560. The molecule has 1 heterocycles. The first-order valence-electron chi connectivity index (χ1n) is 6.87. The lowest BCUT2D eigenvalue weighted by Crippen LogP contribution is -2.29. The van der Waals surface area contributed by atoms with Gasteiger partial charge in [-0.1, -0.05) is 57.8 Å². The lowest BCUT2D eigenvalue weighted by Gasteiger charge is -2.26. The zero-order chi connectivity index (χ0) is 10.3. The molecule has 0 aromatic heterocycles. The average Bonchev–Trinajstić information content (AvgIpc) is 2.23. The maximum absolute atomic E-state index is 4.27. The van der Waals surface area contributed by atoms with Crippen LogP contribution in [0.2, 0.25) is 0 Å². The molecular formula is C13H24N2. The van der Waals surface area contributed by atoms with E-state index in [4.69, 9.17) is 0 Å². The molecule has 0 aromatic carbocycles. The van der Waals surface area contributed by atoms with Crippen LogP contribution in [0.3, 0.4) is 0 Å². The lowest BCUT2D eigenvalue weighted by atomic mass is 9.95. The van der Waals surface area contributed by atoms with Crippen molar-refractivity contribution in [2.75, 3.05) is 0 Å². The van der Waals surface area contributed by atoms with Crippen LogP contribution in [0.1, 0.15) is 70.6 Å². The van der Waals surface area contributed by atoms with E-state index in [-0.39, 0.29) is 0 Å². The third kappa shape index (κ3) is 3.58. The number of nitrogens with zero attached hydrogens (tertiary/aromatic N) is 2. The van der Waals surface area contributed by atoms with Crippen LogP contribution in [0, 0.1) is 0 Å². The smallest absolute Gasteiger partial charge is 0.0949 e. The van der Waals surface area contributed by atoms with Crippen molar-refractivity contribution < 1.29 is 0 Å². The van der Waals surface area contributed by atoms with E-state index in [9.17, 15) is 0 Å². The van der Waals surface area contributed by atoms with Crippen molar-refractivity contribution in [1.82, 2.24) is 0 Å². The van der Waals surface area contributed by atoms with E-state index in [0.29, 0.717) is 12.1 Å². The largest absolute Gasteiger partial charge is 0.188 e. The van der Waals surface area contributed by atoms with E-state index in [1.165, 1.54) is 70.6 Å². The van der Waals surface area contributed by atoms with Gasteiger partial charge in [-0.25, -0.2) is 0 Å². The molecule has 15 heavy (non-hydrogen) atoms. The van der Waals surface area contributed by atoms with Crippen molar-refractivity contribution in [3.63, 3.8) is 0 Å². The van der Waals surface area contributed by atoms with Crippen LogP contribution in [0.5, 0.6) is 0 Å². The van der Waals surface area contributed by atoms with Crippen molar-refractivity contribution in [2.45, 2.75) is 82.7 Å². The van der Waals surface area contributed by atoms with E-state index in [0.717, 1.165) is 0 Å². The number of azo groups is 1. The summed E-state index contributed by atoms with van der Waals surface area (Å²) in [6.45, 7) is 0. The number of rotatable bonds is 0. The van der Waals surface area contributed by atoms with Crippen LogP contribution in [-0.2, 0) is 0 Å². The Labute approximate surface area is 93.6 Å². The van der Waals surface area contributed by atoms with Gasteiger partial charge in [-0.2, -0.15) is 10.2 Å². The molecule has 0 spiro atoms. The second-order valence-corrected chi connectivity index (χ2v) is 5.12. The Hall–Kier alpha value is -0.400. The van der Waals surface area contributed by atoms with E-state index < -0.39 is 0 Å². The van der Waals surface area contributed by atoms with Crippen LogP contribution < -0.4 is 0 Å². The van der Waals surface area contributed by atoms with Crippen molar-refractivity contribution >= 4 is 0 Å². The highest BCUT2D eigenvalue weighted by atomic mass is 15.2. The number of hydrogen-bond donors (Lipinski definition) is 0. The van der Waals surface area contributed by atoms with Crippen LogP contribution in [0.15, 0.2) is 10.2 Å². The molecule has 0 N–H and O–H groups in total. The number of fused-ring (bicyclic) bond motifs is 1. The van der Waals surface area contributed by atoms with Crippen molar-refractivity contribution in [1.29, 1.82) is 0 Å². The van der Waals surface area contributed by atoms with Crippen LogP contribution in [0.4, 0.5) is 0 Å². The third-order valence-electron chi connectivity index (χ3n) is 3.81. The van der Waals surface area contributed by atoms with Gasteiger partial charge in [0.25, 0.3) is 0 Å². The Morgan fingerprint density at radius 3 is 1.13 bits per heavy atom. The summed E-state index contributed by atoms with van der Waals surface area (Å²) >= 11 is 0. The zero-order valence-electron chi connectivity index (χ0n) is 9.83. The first-order valence-corrected chi connectivity index (χ1v) is 6.87. The molecule has 2 heteroatoms. The highest BCUT2D eigenvalue weighted by Crippen LogP contribution is 2.27. The minimum atomic E-state index is 0.603. The molecule has 1 fully saturated rings. The Bertz CT molecular complexity index is 181. The number of hydrogen-bond acceptors (Lipinski definition) is 2. The molecule has 2 unspecified atom stereocenters. The first-order chi connectivity index (χ1) is 7.47. The monoisotopic (exact) mass is 208 g/mol. The van der Waals surface area contributed by atoms with Gasteiger partial charge in [0.05, 0.1) is 12.1 Å². The van der Waals surface area contributed by atoms with Crippen molar-refractivity contribution in [2.24, 2.45) is 10.2 Å². The molecule has 1 aliphatic heterocycles. The summed E-state index contributed by atoms with van der Waals surface area (Å²) < 4.78 is 0. The maximum atomic E-state index is 4.27. The Balaban J connectivity index is 1.72. The highest BCUT2D eigenvalue weighted by Gasteiger charge is 2.26. The van der Waals surface area contributed by atoms with Crippen LogP contribution in [0.25, 0.3) is 0 Å². The van der Waals surface area contributed by atoms with Crippen LogP contribution in [-0.4, -0.2) is 12.1 Å². The molecule has 2 atom stereocenters. The molecule has 2 aliphatic rings. The average molecular weight is 208 g/mol. The minimum absolute atomic E-state index is 0.603. The predicted octanol–water partition coefficient (Wildman–Crippen LogP) is 4.49. The van der Waals surface area contributed by atoms with Gasteiger partial charge in [0, 0.05) is 0 Å². The molecule has 2 nitrogen and oxygen atoms in total. The van der Waals surface area contributed by atoms with Gasteiger partial charge in [0.1, 0.15) is 0 Å². The second kappa shape index (κ2) is 6.24. The molecule has 0 radical (unpaired) electrons. The normalized spacial score (nSPS) is 34.1. The highest BCUT2D eigenvalue weighted by molar-refractivity contribution is 4.87.